The number of aromatic nitrogens is 3. The normalized spacial score (nSPS) is 11.9. The van der Waals surface area contributed by atoms with Crippen LogP contribution in [0.25, 0.3) is 10.9 Å². The molecule has 0 aliphatic heterocycles. The molecule has 2 aromatic heterocycles. The summed E-state index contributed by atoms with van der Waals surface area (Å²) in [5.41, 5.74) is 1.96. The Balaban J connectivity index is 1.97. The number of nitrogens with zero attached hydrogens (tertiary/aromatic N) is 3. The van der Waals surface area contributed by atoms with Crippen molar-refractivity contribution < 1.29 is 8.42 Å². The second kappa shape index (κ2) is 5.13. The van der Waals surface area contributed by atoms with Crippen molar-refractivity contribution >= 4 is 30.6 Å². The molecule has 0 atom stereocenters. The van der Waals surface area contributed by atoms with E-state index in [2.05, 4.69) is 9.97 Å². The van der Waals surface area contributed by atoms with Gasteiger partial charge >= 0.3 is 0 Å². The van der Waals surface area contributed by atoms with Crippen LogP contribution in [-0.4, -0.2) is 23.0 Å². The van der Waals surface area contributed by atoms with E-state index in [9.17, 15) is 8.42 Å². The lowest BCUT2D eigenvalue weighted by atomic mass is 10.1. The summed E-state index contributed by atoms with van der Waals surface area (Å²) in [6, 6.07) is 9.80. The maximum absolute atomic E-state index is 11.3. The van der Waals surface area contributed by atoms with Gasteiger partial charge in [0.1, 0.15) is 5.82 Å². The van der Waals surface area contributed by atoms with Crippen molar-refractivity contribution in [3.63, 3.8) is 0 Å². The van der Waals surface area contributed by atoms with Gasteiger partial charge in [-0.05, 0) is 30.7 Å². The van der Waals surface area contributed by atoms with Crippen molar-refractivity contribution in [1.82, 2.24) is 14.5 Å². The minimum absolute atomic E-state index is 0.121. The number of hydrogen-bond donors (Lipinski definition) is 0. The average Bonchev–Trinajstić information content (AvgIpc) is 2.80. The van der Waals surface area contributed by atoms with Crippen LogP contribution in [0.4, 0.5) is 0 Å². The molecule has 0 fully saturated rings. The summed E-state index contributed by atoms with van der Waals surface area (Å²) < 4.78 is 24.4. The summed E-state index contributed by atoms with van der Waals surface area (Å²) in [6.07, 6.45) is 3.20. The number of fused-ring (bicyclic) bond motifs is 1. The molecule has 7 heteroatoms. The Labute approximate surface area is 126 Å². The zero-order valence-electron chi connectivity index (χ0n) is 11.2. The first-order chi connectivity index (χ1) is 9.93. The first-order valence-corrected chi connectivity index (χ1v) is 8.56. The largest absolute Gasteiger partial charge is 0.329 e. The number of rotatable bonds is 3. The van der Waals surface area contributed by atoms with Gasteiger partial charge in [0.05, 0.1) is 5.52 Å². The zero-order valence-corrected chi connectivity index (χ0v) is 12.8. The van der Waals surface area contributed by atoms with Crippen LogP contribution in [0.3, 0.4) is 0 Å². The Hall–Kier alpha value is -1.92. The molecule has 5 nitrogen and oxygen atoms in total. The Bertz CT molecular complexity index is 919. The molecule has 0 saturated heterocycles. The van der Waals surface area contributed by atoms with Crippen molar-refractivity contribution in [3.8, 4) is 0 Å². The van der Waals surface area contributed by atoms with E-state index in [4.69, 9.17) is 10.7 Å². The third kappa shape index (κ3) is 2.91. The van der Waals surface area contributed by atoms with Crippen LogP contribution in [0.5, 0.6) is 0 Å². The highest BCUT2D eigenvalue weighted by molar-refractivity contribution is 8.13. The molecule has 0 amide bonds. The maximum Gasteiger partial charge on any atom is 0.280 e. The molecule has 1 aromatic carbocycles. The molecule has 0 saturated carbocycles. The van der Waals surface area contributed by atoms with Crippen LogP contribution in [0.1, 0.15) is 11.4 Å². The van der Waals surface area contributed by atoms with Gasteiger partial charge in [0.15, 0.2) is 5.03 Å². The molecule has 0 spiro atoms. The van der Waals surface area contributed by atoms with Crippen LogP contribution < -0.4 is 0 Å². The van der Waals surface area contributed by atoms with Gasteiger partial charge in [-0.25, -0.2) is 13.4 Å². The van der Waals surface area contributed by atoms with Gasteiger partial charge in [-0.1, -0.05) is 12.1 Å². The van der Waals surface area contributed by atoms with E-state index in [1.807, 2.05) is 30.3 Å². The molecule has 0 bridgehead atoms. The second-order valence-electron chi connectivity index (χ2n) is 4.72. The van der Waals surface area contributed by atoms with E-state index >= 15 is 0 Å². The first-order valence-electron chi connectivity index (χ1n) is 6.25. The van der Waals surface area contributed by atoms with Gasteiger partial charge in [-0.15, -0.1) is 0 Å². The summed E-state index contributed by atoms with van der Waals surface area (Å²) in [5.74, 6) is 0.598. The molecular weight excluding hydrogens is 310 g/mol. The fourth-order valence-corrected chi connectivity index (χ4v) is 2.89. The van der Waals surface area contributed by atoms with Gasteiger partial charge in [-0.3, -0.25) is 4.98 Å². The first kappa shape index (κ1) is 14.0. The average molecular weight is 322 g/mol. The van der Waals surface area contributed by atoms with Crippen LogP contribution >= 0.6 is 10.7 Å². The number of halogens is 1. The van der Waals surface area contributed by atoms with Crippen LogP contribution in [0.15, 0.2) is 47.8 Å². The second-order valence-corrected chi connectivity index (χ2v) is 7.24. The van der Waals surface area contributed by atoms with Gasteiger partial charge < -0.3 is 4.57 Å². The molecular formula is C14H12ClN3O2S. The molecule has 3 aromatic rings. The fourth-order valence-electron chi connectivity index (χ4n) is 2.18. The van der Waals surface area contributed by atoms with Crippen LogP contribution in [0, 0.1) is 6.92 Å². The smallest absolute Gasteiger partial charge is 0.280 e. The minimum Gasteiger partial charge on any atom is -0.329 e. The highest BCUT2D eigenvalue weighted by Crippen LogP contribution is 2.18. The molecule has 3 rings (SSSR count). The lowest BCUT2D eigenvalue weighted by Crippen LogP contribution is -2.00. The monoisotopic (exact) mass is 321 g/mol. The third-order valence-corrected chi connectivity index (χ3v) is 4.39. The molecule has 0 radical (unpaired) electrons. The predicted molar refractivity (Wildman–Crippen MR) is 80.8 cm³/mol. The molecule has 0 unspecified atom stereocenters. The highest BCUT2D eigenvalue weighted by Gasteiger charge is 2.16. The zero-order chi connectivity index (χ0) is 15.0. The number of benzene rings is 1. The molecule has 21 heavy (non-hydrogen) atoms. The minimum atomic E-state index is -3.80. The van der Waals surface area contributed by atoms with Crippen molar-refractivity contribution in [2.45, 2.75) is 18.5 Å². The molecule has 108 valence electrons. The van der Waals surface area contributed by atoms with Gasteiger partial charge in [0.2, 0.25) is 0 Å². The van der Waals surface area contributed by atoms with Crippen molar-refractivity contribution in [1.29, 1.82) is 0 Å². The van der Waals surface area contributed by atoms with Crippen molar-refractivity contribution in [2.24, 2.45) is 0 Å². The van der Waals surface area contributed by atoms with Gasteiger partial charge in [0.25, 0.3) is 9.05 Å². The van der Waals surface area contributed by atoms with E-state index in [-0.39, 0.29) is 5.03 Å². The Morgan fingerprint density at radius 1 is 1.29 bits per heavy atom. The molecule has 2 heterocycles. The van der Waals surface area contributed by atoms with E-state index in [1.54, 1.807) is 17.7 Å². The summed E-state index contributed by atoms with van der Waals surface area (Å²) in [6.45, 7) is 2.27. The SMILES string of the molecule is Cc1nc(S(=O)(=O)Cl)cn1Cc1ccc2ncccc2c1. The van der Waals surface area contributed by atoms with E-state index in [0.29, 0.717) is 12.4 Å². The van der Waals surface area contributed by atoms with E-state index in [1.165, 1.54) is 6.20 Å². The Morgan fingerprint density at radius 3 is 2.81 bits per heavy atom. The Morgan fingerprint density at radius 2 is 2.10 bits per heavy atom. The standard InChI is InChI=1S/C14H12ClN3O2S/c1-10-17-14(21(15,19)20)9-18(10)8-11-4-5-13-12(7-11)3-2-6-16-13/h2-7,9H,8H2,1H3. The summed E-state index contributed by atoms with van der Waals surface area (Å²) >= 11 is 0. The van der Waals surface area contributed by atoms with E-state index < -0.39 is 9.05 Å². The molecule has 0 aliphatic carbocycles. The summed E-state index contributed by atoms with van der Waals surface area (Å²) in [5, 5.41) is 0.919. The topological polar surface area (TPSA) is 64.8 Å². The number of pyridine rings is 1. The fraction of sp³-hybridized carbons (Fsp3) is 0.143. The number of hydrogen-bond acceptors (Lipinski definition) is 4. The lowest BCUT2D eigenvalue weighted by Gasteiger charge is -2.06. The lowest BCUT2D eigenvalue weighted by molar-refractivity contribution is 0.606. The van der Waals surface area contributed by atoms with Gasteiger partial charge in [0, 0.05) is 35.0 Å². The summed E-state index contributed by atoms with van der Waals surface area (Å²) in [7, 11) is 1.51. The van der Waals surface area contributed by atoms with Crippen molar-refractivity contribution in [2.75, 3.05) is 0 Å². The van der Waals surface area contributed by atoms with Crippen molar-refractivity contribution in [3.05, 3.63) is 54.1 Å². The number of aryl methyl sites for hydroxylation is 1. The summed E-state index contributed by atoms with van der Waals surface area (Å²) in [4.78, 5) is 8.24. The number of imidazole rings is 1. The highest BCUT2D eigenvalue weighted by atomic mass is 35.7. The Kier molecular flexibility index (Phi) is 3.43. The van der Waals surface area contributed by atoms with Crippen LogP contribution in [0.2, 0.25) is 0 Å². The molecule has 0 aliphatic rings. The quantitative estimate of drug-likeness (QED) is 0.696. The van der Waals surface area contributed by atoms with Crippen LogP contribution in [-0.2, 0) is 15.6 Å². The van der Waals surface area contributed by atoms with E-state index in [0.717, 1.165) is 16.5 Å². The van der Waals surface area contributed by atoms with Gasteiger partial charge in [-0.2, -0.15) is 0 Å². The maximum atomic E-state index is 11.3. The predicted octanol–water partition coefficient (Wildman–Crippen LogP) is 2.72. The molecule has 0 N–H and O–H groups in total. The third-order valence-electron chi connectivity index (χ3n) is 3.22.